The molecule has 33 heavy (non-hydrogen) atoms. The van der Waals surface area contributed by atoms with Crippen molar-refractivity contribution in [3.63, 3.8) is 0 Å². The van der Waals surface area contributed by atoms with Gasteiger partial charge < -0.3 is 15.0 Å². The first-order chi connectivity index (χ1) is 16.0. The van der Waals surface area contributed by atoms with Gasteiger partial charge in [0.15, 0.2) is 0 Å². The molecule has 5 nitrogen and oxygen atoms in total. The van der Waals surface area contributed by atoms with Crippen LogP contribution in [0.15, 0.2) is 85.5 Å². The highest BCUT2D eigenvalue weighted by atomic mass is 35.5. The summed E-state index contributed by atoms with van der Waals surface area (Å²) in [5, 5.41) is 3.47. The molecule has 0 aromatic heterocycles. The summed E-state index contributed by atoms with van der Waals surface area (Å²) in [4.78, 5) is 27.1. The summed E-state index contributed by atoms with van der Waals surface area (Å²) in [6.07, 6.45) is 1.67. The number of thioether (sulfide) groups is 1. The van der Waals surface area contributed by atoms with Crippen molar-refractivity contribution in [1.29, 1.82) is 0 Å². The summed E-state index contributed by atoms with van der Waals surface area (Å²) in [6, 6.07) is 22.1. The second kappa shape index (κ2) is 10.6. The number of anilines is 1. The van der Waals surface area contributed by atoms with E-state index in [0.29, 0.717) is 40.9 Å². The summed E-state index contributed by atoms with van der Waals surface area (Å²) in [5.74, 6) is 0.979. The van der Waals surface area contributed by atoms with E-state index < -0.39 is 0 Å². The predicted octanol–water partition coefficient (Wildman–Crippen LogP) is 5.93. The highest BCUT2D eigenvalue weighted by molar-refractivity contribution is 8.00. The summed E-state index contributed by atoms with van der Waals surface area (Å²) >= 11 is 7.56. The number of nitrogens with zero attached hydrogens (tertiary/aromatic N) is 1. The minimum absolute atomic E-state index is 0.0935. The molecule has 0 spiro atoms. The van der Waals surface area contributed by atoms with Crippen molar-refractivity contribution in [2.24, 2.45) is 0 Å². The van der Waals surface area contributed by atoms with Crippen LogP contribution in [0.25, 0.3) is 0 Å². The molecule has 3 aromatic carbocycles. The molecule has 168 valence electrons. The SMILES string of the molecule is C=CCOc1cccc(NC(=O)c2ccc([C@H]3SCC(=O)N3Cc3ccc(Cl)cc3)cc2)c1. The number of rotatable bonds is 8. The number of carbonyl (C=O) groups is 2. The van der Waals surface area contributed by atoms with Gasteiger partial charge in [0.25, 0.3) is 5.91 Å². The molecule has 0 radical (unpaired) electrons. The van der Waals surface area contributed by atoms with E-state index in [1.54, 1.807) is 36.0 Å². The summed E-state index contributed by atoms with van der Waals surface area (Å²) < 4.78 is 5.51. The van der Waals surface area contributed by atoms with Gasteiger partial charge in [-0.1, -0.05) is 54.6 Å². The van der Waals surface area contributed by atoms with Gasteiger partial charge in [0.1, 0.15) is 17.7 Å². The molecule has 4 rings (SSSR count). The van der Waals surface area contributed by atoms with Gasteiger partial charge in [-0.3, -0.25) is 9.59 Å². The van der Waals surface area contributed by atoms with Crippen molar-refractivity contribution in [1.82, 2.24) is 4.90 Å². The first kappa shape index (κ1) is 23.0. The Labute approximate surface area is 202 Å². The van der Waals surface area contributed by atoms with Crippen molar-refractivity contribution in [3.8, 4) is 5.75 Å². The molecule has 2 amide bonds. The van der Waals surface area contributed by atoms with Crippen LogP contribution in [0.1, 0.15) is 26.9 Å². The quantitative estimate of drug-likeness (QED) is 0.407. The number of benzene rings is 3. The maximum atomic E-state index is 12.7. The van der Waals surface area contributed by atoms with E-state index in [2.05, 4.69) is 11.9 Å². The van der Waals surface area contributed by atoms with Gasteiger partial charge in [-0.05, 0) is 47.5 Å². The first-order valence-corrected chi connectivity index (χ1v) is 11.9. The Morgan fingerprint density at radius 3 is 2.64 bits per heavy atom. The Morgan fingerprint density at radius 1 is 1.15 bits per heavy atom. The maximum absolute atomic E-state index is 12.7. The van der Waals surface area contributed by atoms with E-state index >= 15 is 0 Å². The number of nitrogens with one attached hydrogen (secondary N) is 1. The number of hydrogen-bond donors (Lipinski definition) is 1. The fourth-order valence-electron chi connectivity index (χ4n) is 3.51. The van der Waals surface area contributed by atoms with Crippen LogP contribution >= 0.6 is 23.4 Å². The third kappa shape index (κ3) is 5.78. The Morgan fingerprint density at radius 2 is 1.91 bits per heavy atom. The molecule has 7 heteroatoms. The molecule has 1 fully saturated rings. The predicted molar refractivity (Wildman–Crippen MR) is 134 cm³/mol. The van der Waals surface area contributed by atoms with Gasteiger partial charge >= 0.3 is 0 Å². The van der Waals surface area contributed by atoms with E-state index in [9.17, 15) is 9.59 Å². The average Bonchev–Trinajstić information content (AvgIpc) is 3.19. The minimum atomic E-state index is -0.212. The summed E-state index contributed by atoms with van der Waals surface area (Å²) in [7, 11) is 0. The van der Waals surface area contributed by atoms with Gasteiger partial charge in [0.2, 0.25) is 5.91 Å². The molecule has 0 saturated carbocycles. The zero-order chi connectivity index (χ0) is 23.2. The van der Waals surface area contributed by atoms with Crippen LogP contribution in [0.2, 0.25) is 5.02 Å². The number of carbonyl (C=O) groups excluding carboxylic acids is 2. The van der Waals surface area contributed by atoms with Gasteiger partial charge in [0, 0.05) is 28.9 Å². The van der Waals surface area contributed by atoms with Gasteiger partial charge in [-0.2, -0.15) is 0 Å². The molecule has 1 N–H and O–H groups in total. The van der Waals surface area contributed by atoms with Crippen molar-refractivity contribution < 1.29 is 14.3 Å². The van der Waals surface area contributed by atoms with Crippen LogP contribution in [0.3, 0.4) is 0 Å². The van der Waals surface area contributed by atoms with Crippen LogP contribution in [0.4, 0.5) is 5.69 Å². The average molecular weight is 479 g/mol. The largest absolute Gasteiger partial charge is 0.489 e. The summed E-state index contributed by atoms with van der Waals surface area (Å²) in [5.41, 5.74) is 3.19. The monoisotopic (exact) mass is 478 g/mol. The molecule has 0 bridgehead atoms. The van der Waals surface area contributed by atoms with E-state index in [0.717, 1.165) is 11.1 Å². The third-order valence-corrected chi connectivity index (χ3v) is 6.66. The lowest BCUT2D eigenvalue weighted by Gasteiger charge is -2.24. The fourth-order valence-corrected chi connectivity index (χ4v) is 4.82. The molecule has 3 aromatic rings. The molecule has 1 aliphatic heterocycles. The van der Waals surface area contributed by atoms with E-state index in [1.165, 1.54) is 0 Å². The Balaban J connectivity index is 1.43. The first-order valence-electron chi connectivity index (χ1n) is 10.4. The molecule has 1 aliphatic rings. The molecule has 0 unspecified atom stereocenters. The molecular formula is C26H23ClN2O3S. The number of hydrogen-bond acceptors (Lipinski definition) is 4. The van der Waals surface area contributed by atoms with Crippen LogP contribution in [0.5, 0.6) is 5.75 Å². The zero-order valence-electron chi connectivity index (χ0n) is 17.9. The molecule has 0 aliphatic carbocycles. The van der Waals surface area contributed by atoms with Crippen LogP contribution in [-0.2, 0) is 11.3 Å². The Kier molecular flexibility index (Phi) is 7.37. The lowest BCUT2D eigenvalue weighted by molar-refractivity contribution is -0.128. The number of halogens is 1. The topological polar surface area (TPSA) is 58.6 Å². The maximum Gasteiger partial charge on any atom is 0.255 e. The second-order valence-corrected chi connectivity index (χ2v) is 9.02. The Hall–Kier alpha value is -3.22. The normalized spacial score (nSPS) is 15.4. The molecule has 1 saturated heterocycles. The molecule has 1 atom stereocenters. The Bertz CT molecular complexity index is 1150. The third-order valence-electron chi connectivity index (χ3n) is 5.15. The number of amides is 2. The summed E-state index contributed by atoms with van der Waals surface area (Å²) in [6.45, 7) is 4.54. The van der Waals surface area contributed by atoms with Gasteiger partial charge in [0.05, 0.1) is 5.75 Å². The van der Waals surface area contributed by atoms with Crippen LogP contribution in [-0.4, -0.2) is 29.1 Å². The fraction of sp³-hybridized carbons (Fsp3) is 0.154. The van der Waals surface area contributed by atoms with Crippen molar-refractivity contribution in [3.05, 3.63) is 107 Å². The zero-order valence-corrected chi connectivity index (χ0v) is 19.4. The van der Waals surface area contributed by atoms with E-state index in [1.807, 2.05) is 59.5 Å². The molecule has 1 heterocycles. The van der Waals surface area contributed by atoms with Gasteiger partial charge in [-0.25, -0.2) is 0 Å². The minimum Gasteiger partial charge on any atom is -0.489 e. The van der Waals surface area contributed by atoms with Crippen LogP contribution < -0.4 is 10.1 Å². The van der Waals surface area contributed by atoms with Crippen molar-refractivity contribution in [2.45, 2.75) is 11.9 Å². The lowest BCUT2D eigenvalue weighted by Crippen LogP contribution is -2.27. The standard InChI is InChI=1S/C26H23ClN2O3S/c1-2-14-32-23-5-3-4-22(15-23)28-25(31)19-8-10-20(11-9-19)26-29(24(30)17-33-26)16-18-6-12-21(27)13-7-18/h2-13,15,26H,1,14,16-17H2,(H,28,31)/t26-/m1/s1. The van der Waals surface area contributed by atoms with Crippen LogP contribution in [0, 0.1) is 0 Å². The van der Waals surface area contributed by atoms with Gasteiger partial charge in [-0.15, -0.1) is 11.8 Å². The van der Waals surface area contributed by atoms with Crippen molar-refractivity contribution >= 4 is 40.9 Å². The highest BCUT2D eigenvalue weighted by Gasteiger charge is 2.32. The van der Waals surface area contributed by atoms with E-state index in [-0.39, 0.29) is 17.2 Å². The number of ether oxygens (including phenoxy) is 1. The van der Waals surface area contributed by atoms with E-state index in [4.69, 9.17) is 16.3 Å². The second-order valence-electron chi connectivity index (χ2n) is 7.52. The smallest absolute Gasteiger partial charge is 0.255 e. The molecular weight excluding hydrogens is 456 g/mol. The van der Waals surface area contributed by atoms with Crippen molar-refractivity contribution in [2.75, 3.05) is 17.7 Å². The highest BCUT2D eigenvalue weighted by Crippen LogP contribution is 2.39. The lowest BCUT2D eigenvalue weighted by atomic mass is 10.1.